The number of thiophene rings is 1. The summed E-state index contributed by atoms with van der Waals surface area (Å²) in [5, 5.41) is 2.93. The summed E-state index contributed by atoms with van der Waals surface area (Å²) in [7, 11) is 0. The quantitative estimate of drug-likeness (QED) is 0.652. The third kappa shape index (κ3) is 2.64. The molecule has 3 rings (SSSR count). The summed E-state index contributed by atoms with van der Waals surface area (Å²) >= 11 is 5.10. The molecule has 5 heteroatoms. The van der Waals surface area contributed by atoms with Crippen LogP contribution in [0.3, 0.4) is 0 Å². The molecule has 0 amide bonds. The number of rotatable bonds is 3. The van der Waals surface area contributed by atoms with Gasteiger partial charge in [0.1, 0.15) is 17.9 Å². The van der Waals surface area contributed by atoms with E-state index < -0.39 is 0 Å². The molecule has 0 radical (unpaired) electrons. The molecule has 3 aromatic rings. The van der Waals surface area contributed by atoms with Crippen molar-refractivity contribution in [1.29, 1.82) is 0 Å². The van der Waals surface area contributed by atoms with Crippen molar-refractivity contribution in [3.8, 4) is 5.75 Å². The van der Waals surface area contributed by atoms with Crippen molar-refractivity contribution >= 4 is 38.2 Å². The van der Waals surface area contributed by atoms with Gasteiger partial charge >= 0.3 is 5.63 Å². The maximum Gasteiger partial charge on any atom is 0.336 e. The zero-order chi connectivity index (χ0) is 14.1. The van der Waals surface area contributed by atoms with E-state index in [0.717, 1.165) is 20.3 Å². The molecule has 0 N–H and O–H groups in total. The van der Waals surface area contributed by atoms with Gasteiger partial charge in [-0.15, -0.1) is 11.3 Å². The van der Waals surface area contributed by atoms with Gasteiger partial charge in [-0.1, -0.05) is 0 Å². The van der Waals surface area contributed by atoms with Gasteiger partial charge in [0, 0.05) is 22.0 Å². The molecule has 2 aromatic heterocycles. The molecule has 1 aromatic carbocycles. The summed E-state index contributed by atoms with van der Waals surface area (Å²) in [5.74, 6) is 0.687. The second kappa shape index (κ2) is 5.42. The molecule has 0 unspecified atom stereocenters. The lowest BCUT2D eigenvalue weighted by molar-refractivity contribution is 0.309. The smallest absolute Gasteiger partial charge is 0.336 e. The molecule has 0 bridgehead atoms. The summed E-state index contributed by atoms with van der Waals surface area (Å²) in [6.07, 6.45) is 0. The maximum absolute atomic E-state index is 11.4. The van der Waals surface area contributed by atoms with Gasteiger partial charge in [-0.25, -0.2) is 4.79 Å². The van der Waals surface area contributed by atoms with E-state index in [1.807, 2.05) is 30.5 Å². The van der Waals surface area contributed by atoms with Crippen molar-refractivity contribution < 1.29 is 9.15 Å². The van der Waals surface area contributed by atoms with Gasteiger partial charge in [0.2, 0.25) is 0 Å². The summed E-state index contributed by atoms with van der Waals surface area (Å²) in [6.45, 7) is 2.38. The van der Waals surface area contributed by atoms with Crippen LogP contribution in [0.2, 0.25) is 0 Å². The van der Waals surface area contributed by atoms with Crippen molar-refractivity contribution in [2.75, 3.05) is 0 Å². The molecule has 20 heavy (non-hydrogen) atoms. The number of ether oxygens (including phenoxy) is 1. The van der Waals surface area contributed by atoms with E-state index in [2.05, 4.69) is 15.9 Å². The third-order valence-electron chi connectivity index (χ3n) is 2.98. The van der Waals surface area contributed by atoms with Gasteiger partial charge in [-0.05, 0) is 52.0 Å². The number of hydrogen-bond donors (Lipinski definition) is 0. The van der Waals surface area contributed by atoms with Crippen LogP contribution < -0.4 is 10.4 Å². The van der Waals surface area contributed by atoms with Crippen molar-refractivity contribution in [2.45, 2.75) is 13.5 Å². The van der Waals surface area contributed by atoms with E-state index >= 15 is 0 Å². The van der Waals surface area contributed by atoms with Crippen LogP contribution in [0.15, 0.2) is 49.4 Å². The first-order valence-electron chi connectivity index (χ1n) is 6.02. The maximum atomic E-state index is 11.4. The minimum absolute atomic E-state index is 0.340. The Morgan fingerprint density at radius 1 is 1.30 bits per heavy atom. The standard InChI is InChI=1S/C15H11BrO3S/c1-9-6-15(17)19-13-7-10(2-3-11(9)13)18-8-14-12(16)4-5-20-14/h2-7H,8H2,1H3. The molecule has 3 nitrogen and oxygen atoms in total. The minimum atomic E-state index is -0.340. The molecular formula is C15H11BrO3S. The molecule has 0 saturated carbocycles. The normalized spacial score (nSPS) is 10.9. The molecule has 2 heterocycles. The summed E-state index contributed by atoms with van der Waals surface area (Å²) < 4.78 is 12.0. The van der Waals surface area contributed by atoms with Crippen LogP contribution in [-0.2, 0) is 6.61 Å². The van der Waals surface area contributed by atoms with E-state index in [0.29, 0.717) is 17.9 Å². The molecule has 102 valence electrons. The Balaban J connectivity index is 1.89. The van der Waals surface area contributed by atoms with E-state index in [4.69, 9.17) is 9.15 Å². The third-order valence-corrected chi connectivity index (χ3v) is 4.88. The van der Waals surface area contributed by atoms with Gasteiger partial charge in [0.25, 0.3) is 0 Å². The molecule has 0 fully saturated rings. The van der Waals surface area contributed by atoms with Crippen LogP contribution in [0.4, 0.5) is 0 Å². The first-order valence-corrected chi connectivity index (χ1v) is 7.70. The second-order valence-electron chi connectivity index (χ2n) is 4.39. The highest BCUT2D eigenvalue weighted by Crippen LogP contribution is 2.26. The van der Waals surface area contributed by atoms with E-state index in [1.165, 1.54) is 6.07 Å². The monoisotopic (exact) mass is 350 g/mol. The Labute approximate surface area is 127 Å². The highest BCUT2D eigenvalue weighted by molar-refractivity contribution is 9.10. The number of benzene rings is 1. The predicted octanol–water partition coefficient (Wildman–Crippen LogP) is 4.50. The van der Waals surface area contributed by atoms with Crippen LogP contribution in [0.5, 0.6) is 5.75 Å². The van der Waals surface area contributed by atoms with E-state index in [-0.39, 0.29) is 5.63 Å². The van der Waals surface area contributed by atoms with Gasteiger partial charge in [-0.3, -0.25) is 0 Å². The van der Waals surface area contributed by atoms with Gasteiger partial charge in [0.05, 0.1) is 4.88 Å². The van der Waals surface area contributed by atoms with Crippen LogP contribution in [0.1, 0.15) is 10.4 Å². The van der Waals surface area contributed by atoms with Crippen LogP contribution in [0.25, 0.3) is 11.0 Å². The topological polar surface area (TPSA) is 39.4 Å². The SMILES string of the molecule is Cc1cc(=O)oc2cc(OCc3sccc3Br)ccc12. The average Bonchev–Trinajstić information content (AvgIpc) is 2.81. The van der Waals surface area contributed by atoms with E-state index in [9.17, 15) is 4.79 Å². The van der Waals surface area contributed by atoms with Gasteiger partial charge < -0.3 is 9.15 Å². The van der Waals surface area contributed by atoms with Crippen molar-refractivity contribution in [1.82, 2.24) is 0 Å². The Morgan fingerprint density at radius 3 is 2.90 bits per heavy atom. The fourth-order valence-electron chi connectivity index (χ4n) is 1.97. The second-order valence-corrected chi connectivity index (χ2v) is 6.24. The average molecular weight is 351 g/mol. The largest absolute Gasteiger partial charge is 0.488 e. The van der Waals surface area contributed by atoms with Crippen LogP contribution in [0, 0.1) is 6.92 Å². The fourth-order valence-corrected chi connectivity index (χ4v) is 3.35. The molecule has 0 spiro atoms. The van der Waals surface area contributed by atoms with Gasteiger partial charge in [-0.2, -0.15) is 0 Å². The molecule has 0 aliphatic carbocycles. The number of fused-ring (bicyclic) bond motifs is 1. The number of aryl methyl sites for hydroxylation is 1. The Bertz CT molecular complexity index is 819. The zero-order valence-electron chi connectivity index (χ0n) is 10.7. The van der Waals surface area contributed by atoms with Crippen LogP contribution >= 0.6 is 27.3 Å². The lowest BCUT2D eigenvalue weighted by Crippen LogP contribution is -1.98. The molecule has 0 atom stereocenters. The highest BCUT2D eigenvalue weighted by Gasteiger charge is 2.06. The Hall–Kier alpha value is -1.59. The number of hydrogen-bond acceptors (Lipinski definition) is 4. The summed E-state index contributed by atoms with van der Waals surface area (Å²) in [4.78, 5) is 12.5. The molecule has 0 aliphatic heterocycles. The zero-order valence-corrected chi connectivity index (χ0v) is 13.1. The van der Waals surface area contributed by atoms with Crippen molar-refractivity contribution in [2.24, 2.45) is 0 Å². The molecule has 0 aliphatic rings. The fraction of sp³-hybridized carbons (Fsp3) is 0.133. The Kier molecular flexibility index (Phi) is 3.63. The number of halogens is 1. The van der Waals surface area contributed by atoms with Crippen molar-refractivity contribution in [3.05, 3.63) is 61.0 Å². The van der Waals surface area contributed by atoms with Crippen LogP contribution in [-0.4, -0.2) is 0 Å². The lowest BCUT2D eigenvalue weighted by Gasteiger charge is -2.07. The highest BCUT2D eigenvalue weighted by atomic mass is 79.9. The predicted molar refractivity (Wildman–Crippen MR) is 83.6 cm³/mol. The minimum Gasteiger partial charge on any atom is -0.488 e. The molecular weight excluding hydrogens is 340 g/mol. The van der Waals surface area contributed by atoms with Gasteiger partial charge in [0.15, 0.2) is 0 Å². The summed E-state index contributed by atoms with van der Waals surface area (Å²) in [6, 6.07) is 9.03. The first kappa shape index (κ1) is 13.4. The lowest BCUT2D eigenvalue weighted by atomic mass is 10.1. The van der Waals surface area contributed by atoms with Crippen molar-refractivity contribution in [3.63, 3.8) is 0 Å². The Morgan fingerprint density at radius 2 is 2.15 bits per heavy atom. The first-order chi connectivity index (χ1) is 9.63. The summed E-state index contributed by atoms with van der Waals surface area (Å²) in [5.41, 5.74) is 1.12. The van der Waals surface area contributed by atoms with E-state index in [1.54, 1.807) is 17.4 Å². The molecule has 0 saturated heterocycles.